The molecule has 2 rings (SSSR count). The van der Waals surface area contributed by atoms with E-state index in [4.69, 9.17) is 17.4 Å². The van der Waals surface area contributed by atoms with E-state index in [-0.39, 0.29) is 6.04 Å². The highest BCUT2D eigenvalue weighted by molar-refractivity contribution is 7.16. The fraction of sp³-hybridized carbons (Fsp3) is 0.273. The Kier molecular flexibility index (Phi) is 4.00. The molecule has 2 nitrogen and oxygen atoms in total. The molecule has 2 aromatic heterocycles. The van der Waals surface area contributed by atoms with Gasteiger partial charge in [0.1, 0.15) is 0 Å². The van der Waals surface area contributed by atoms with Crippen molar-refractivity contribution in [2.75, 3.05) is 0 Å². The summed E-state index contributed by atoms with van der Waals surface area (Å²) in [7, 11) is 0. The van der Waals surface area contributed by atoms with Gasteiger partial charge < -0.3 is 0 Å². The molecule has 0 aliphatic heterocycles. The SMILES string of the molecule is CCc1ccc(C(NN)c2ccc(Cl)s2)s1. The topological polar surface area (TPSA) is 38.0 Å². The third-order valence-electron chi connectivity index (χ3n) is 2.36. The maximum Gasteiger partial charge on any atom is 0.0931 e. The van der Waals surface area contributed by atoms with Gasteiger partial charge in [-0.05, 0) is 30.7 Å². The predicted octanol–water partition coefficient (Wildman–Crippen LogP) is 3.58. The Bertz CT molecular complexity index is 464. The average Bonchev–Trinajstić information content (AvgIpc) is 2.89. The molecule has 0 bridgehead atoms. The molecule has 0 radical (unpaired) electrons. The molecule has 86 valence electrons. The number of aryl methyl sites for hydroxylation is 1. The van der Waals surface area contributed by atoms with Crippen LogP contribution in [0.25, 0.3) is 0 Å². The number of nitrogens with two attached hydrogens (primary N) is 1. The van der Waals surface area contributed by atoms with E-state index in [0.29, 0.717) is 0 Å². The van der Waals surface area contributed by atoms with Crippen LogP contribution in [0.15, 0.2) is 24.3 Å². The van der Waals surface area contributed by atoms with E-state index < -0.39 is 0 Å². The number of hydrogen-bond acceptors (Lipinski definition) is 4. The number of nitrogens with one attached hydrogen (secondary N) is 1. The maximum atomic E-state index is 5.93. The average molecular weight is 273 g/mol. The van der Waals surface area contributed by atoms with Gasteiger partial charge in [0.25, 0.3) is 0 Å². The van der Waals surface area contributed by atoms with Crippen LogP contribution in [0.2, 0.25) is 4.34 Å². The van der Waals surface area contributed by atoms with Crippen LogP contribution in [0.3, 0.4) is 0 Å². The normalized spacial score (nSPS) is 12.9. The van der Waals surface area contributed by atoms with Crippen molar-refractivity contribution in [1.29, 1.82) is 0 Å². The Hall–Kier alpha value is -0.390. The summed E-state index contributed by atoms with van der Waals surface area (Å²) in [4.78, 5) is 3.76. The van der Waals surface area contributed by atoms with E-state index in [2.05, 4.69) is 24.5 Å². The van der Waals surface area contributed by atoms with Crippen LogP contribution in [-0.2, 0) is 6.42 Å². The van der Waals surface area contributed by atoms with Gasteiger partial charge in [0.15, 0.2) is 0 Å². The molecule has 5 heteroatoms. The summed E-state index contributed by atoms with van der Waals surface area (Å²) < 4.78 is 0.794. The van der Waals surface area contributed by atoms with Crippen LogP contribution in [-0.4, -0.2) is 0 Å². The van der Waals surface area contributed by atoms with Crippen molar-refractivity contribution in [1.82, 2.24) is 5.43 Å². The van der Waals surface area contributed by atoms with Crippen molar-refractivity contribution >= 4 is 34.3 Å². The first-order chi connectivity index (χ1) is 7.74. The fourth-order valence-electron chi connectivity index (χ4n) is 1.53. The van der Waals surface area contributed by atoms with Crippen molar-refractivity contribution in [3.8, 4) is 0 Å². The van der Waals surface area contributed by atoms with E-state index in [9.17, 15) is 0 Å². The van der Waals surface area contributed by atoms with E-state index in [1.54, 1.807) is 22.7 Å². The molecule has 0 saturated heterocycles. The lowest BCUT2D eigenvalue weighted by molar-refractivity contribution is 0.656. The molecule has 2 heterocycles. The Labute approximate surface area is 108 Å². The molecule has 0 aromatic carbocycles. The first kappa shape index (κ1) is 12.1. The second-order valence-corrected chi connectivity index (χ2v) is 6.35. The first-order valence-electron chi connectivity index (χ1n) is 5.04. The van der Waals surface area contributed by atoms with Crippen molar-refractivity contribution in [2.24, 2.45) is 5.84 Å². The van der Waals surface area contributed by atoms with E-state index in [0.717, 1.165) is 15.6 Å². The number of halogens is 1. The minimum atomic E-state index is 0.0581. The van der Waals surface area contributed by atoms with Crippen molar-refractivity contribution in [3.63, 3.8) is 0 Å². The zero-order chi connectivity index (χ0) is 11.5. The summed E-state index contributed by atoms with van der Waals surface area (Å²) in [5.41, 5.74) is 2.85. The van der Waals surface area contributed by atoms with Crippen LogP contribution < -0.4 is 11.3 Å². The van der Waals surface area contributed by atoms with Crippen molar-refractivity contribution in [3.05, 3.63) is 43.2 Å². The van der Waals surface area contributed by atoms with Gasteiger partial charge in [0.2, 0.25) is 0 Å². The highest BCUT2D eigenvalue weighted by Gasteiger charge is 2.16. The van der Waals surface area contributed by atoms with Gasteiger partial charge in [-0.3, -0.25) is 5.84 Å². The number of rotatable bonds is 4. The smallest absolute Gasteiger partial charge is 0.0931 e. The molecule has 1 atom stereocenters. The Morgan fingerprint density at radius 1 is 1.25 bits per heavy atom. The molecule has 0 saturated carbocycles. The number of thiophene rings is 2. The number of hydrazine groups is 1. The summed E-state index contributed by atoms with van der Waals surface area (Å²) in [6.45, 7) is 2.16. The highest BCUT2D eigenvalue weighted by atomic mass is 35.5. The molecule has 0 amide bonds. The lowest BCUT2D eigenvalue weighted by atomic mass is 10.2. The molecule has 16 heavy (non-hydrogen) atoms. The molecule has 3 N–H and O–H groups in total. The second-order valence-electron chi connectivity index (χ2n) is 3.40. The van der Waals surface area contributed by atoms with Crippen LogP contribution in [0, 0.1) is 0 Å². The Morgan fingerprint density at radius 3 is 2.44 bits per heavy atom. The summed E-state index contributed by atoms with van der Waals surface area (Å²) in [6.07, 6.45) is 1.06. The molecule has 0 aliphatic rings. The summed E-state index contributed by atoms with van der Waals surface area (Å²) in [6, 6.07) is 8.26. The van der Waals surface area contributed by atoms with Crippen molar-refractivity contribution in [2.45, 2.75) is 19.4 Å². The van der Waals surface area contributed by atoms with Gasteiger partial charge in [-0.2, -0.15) is 0 Å². The Morgan fingerprint density at radius 2 is 1.94 bits per heavy atom. The molecular formula is C11H13ClN2S2. The second kappa shape index (κ2) is 5.29. The fourth-order valence-corrected chi connectivity index (χ4v) is 3.77. The molecule has 0 spiro atoms. The van der Waals surface area contributed by atoms with Gasteiger partial charge >= 0.3 is 0 Å². The zero-order valence-corrected chi connectivity index (χ0v) is 11.3. The monoisotopic (exact) mass is 272 g/mol. The minimum absolute atomic E-state index is 0.0581. The highest BCUT2D eigenvalue weighted by Crippen LogP contribution is 2.33. The van der Waals surface area contributed by atoms with Crippen LogP contribution in [0.5, 0.6) is 0 Å². The van der Waals surface area contributed by atoms with Crippen LogP contribution >= 0.6 is 34.3 Å². The van der Waals surface area contributed by atoms with Crippen molar-refractivity contribution < 1.29 is 0 Å². The third-order valence-corrected chi connectivity index (χ3v) is 4.95. The Balaban J connectivity index is 2.28. The number of hydrogen-bond donors (Lipinski definition) is 2. The summed E-state index contributed by atoms with van der Waals surface area (Å²) >= 11 is 9.29. The predicted molar refractivity (Wildman–Crippen MR) is 72.2 cm³/mol. The first-order valence-corrected chi connectivity index (χ1v) is 7.05. The molecular weight excluding hydrogens is 260 g/mol. The van der Waals surface area contributed by atoms with E-state index in [1.165, 1.54) is 9.75 Å². The van der Waals surface area contributed by atoms with Gasteiger partial charge in [-0.15, -0.1) is 22.7 Å². The quantitative estimate of drug-likeness (QED) is 0.660. The summed E-state index contributed by atoms with van der Waals surface area (Å²) in [5.74, 6) is 5.62. The molecule has 2 aromatic rings. The third kappa shape index (κ3) is 2.47. The van der Waals surface area contributed by atoms with Gasteiger partial charge in [-0.25, -0.2) is 5.43 Å². The van der Waals surface area contributed by atoms with Gasteiger partial charge in [0.05, 0.1) is 10.4 Å². The standard InChI is InChI=1S/C11H13ClN2S2/c1-2-7-3-4-8(15-7)11(14-13)9-5-6-10(12)16-9/h3-6,11,14H,2,13H2,1H3. The van der Waals surface area contributed by atoms with Crippen LogP contribution in [0.4, 0.5) is 0 Å². The largest absolute Gasteiger partial charge is 0.271 e. The lowest BCUT2D eigenvalue weighted by Crippen LogP contribution is -2.27. The summed E-state index contributed by atoms with van der Waals surface area (Å²) in [5, 5.41) is 0. The van der Waals surface area contributed by atoms with Crippen LogP contribution in [0.1, 0.15) is 27.6 Å². The zero-order valence-electron chi connectivity index (χ0n) is 8.87. The van der Waals surface area contributed by atoms with Gasteiger partial charge in [0, 0.05) is 14.6 Å². The molecule has 1 unspecified atom stereocenters. The minimum Gasteiger partial charge on any atom is -0.271 e. The molecule has 0 fully saturated rings. The van der Waals surface area contributed by atoms with E-state index in [1.807, 2.05) is 12.1 Å². The lowest BCUT2D eigenvalue weighted by Gasteiger charge is -2.11. The van der Waals surface area contributed by atoms with E-state index >= 15 is 0 Å². The maximum absolute atomic E-state index is 5.93. The molecule has 0 aliphatic carbocycles. The van der Waals surface area contributed by atoms with Gasteiger partial charge in [-0.1, -0.05) is 18.5 Å².